The molecule has 0 bridgehead atoms. The van der Waals surface area contributed by atoms with Crippen LogP contribution in [0.4, 0.5) is 11.4 Å². The maximum Gasteiger partial charge on any atom is 0.150 e. The zero-order chi connectivity index (χ0) is 15.1. The monoisotopic (exact) mass is 288 g/mol. The van der Waals surface area contributed by atoms with Gasteiger partial charge in [-0.3, -0.25) is 0 Å². The third-order valence-electron chi connectivity index (χ3n) is 4.07. The number of hydrogen-bond donors (Lipinski definition) is 2. The Morgan fingerprint density at radius 1 is 0.864 bits per heavy atom. The second-order valence-corrected chi connectivity index (χ2v) is 5.44. The van der Waals surface area contributed by atoms with Crippen molar-refractivity contribution < 1.29 is 5.11 Å². The molecule has 3 nitrogen and oxygen atoms in total. The lowest BCUT2D eigenvalue weighted by Gasteiger charge is -2.15. The molecule has 22 heavy (non-hydrogen) atoms. The highest BCUT2D eigenvalue weighted by Gasteiger charge is 2.14. The Morgan fingerprint density at radius 3 is 2.45 bits per heavy atom. The van der Waals surface area contributed by atoms with Crippen molar-refractivity contribution in [3.63, 3.8) is 0 Å². The molecule has 0 atom stereocenters. The molecule has 2 heterocycles. The molecule has 0 amide bonds. The van der Waals surface area contributed by atoms with Gasteiger partial charge in [-0.1, -0.05) is 30.3 Å². The Morgan fingerprint density at radius 2 is 1.59 bits per heavy atom. The van der Waals surface area contributed by atoms with E-state index in [0.717, 1.165) is 33.4 Å². The van der Waals surface area contributed by atoms with E-state index < -0.39 is 0 Å². The van der Waals surface area contributed by atoms with Gasteiger partial charge in [-0.2, -0.15) is 0 Å². The van der Waals surface area contributed by atoms with Crippen molar-refractivity contribution in [1.29, 1.82) is 0 Å². The quantitative estimate of drug-likeness (QED) is 0.553. The van der Waals surface area contributed by atoms with Gasteiger partial charge in [0, 0.05) is 17.3 Å². The van der Waals surface area contributed by atoms with Gasteiger partial charge in [0.05, 0.1) is 11.0 Å². The minimum Gasteiger partial charge on any atom is -0.505 e. The first-order valence-corrected chi connectivity index (χ1v) is 7.29. The van der Waals surface area contributed by atoms with Crippen LogP contribution in [-0.2, 0) is 0 Å². The van der Waals surface area contributed by atoms with Gasteiger partial charge in [-0.15, -0.1) is 0 Å². The first-order chi connectivity index (χ1) is 10.8. The summed E-state index contributed by atoms with van der Waals surface area (Å²) in [7, 11) is 0. The molecule has 0 radical (unpaired) electrons. The first-order valence-electron chi connectivity index (χ1n) is 7.29. The van der Waals surface area contributed by atoms with Crippen LogP contribution >= 0.6 is 0 Å². The zero-order valence-corrected chi connectivity index (χ0v) is 12.2. The molecule has 4 aromatic rings. The Balaban J connectivity index is 2.01. The van der Waals surface area contributed by atoms with Crippen LogP contribution in [0, 0.1) is 6.92 Å². The van der Waals surface area contributed by atoms with Crippen molar-refractivity contribution >= 4 is 27.8 Å². The maximum atomic E-state index is 10.7. The first kappa shape index (κ1) is 12.8. The number of fused-ring (bicyclic) bond motifs is 3. The van der Waals surface area contributed by atoms with E-state index in [1.165, 1.54) is 0 Å². The normalized spacial score (nSPS) is 11.1. The van der Waals surface area contributed by atoms with Crippen LogP contribution in [0.3, 0.4) is 0 Å². The van der Waals surface area contributed by atoms with Crippen LogP contribution in [-0.4, -0.2) is 9.51 Å². The molecule has 0 aliphatic rings. The van der Waals surface area contributed by atoms with E-state index in [1.54, 1.807) is 0 Å². The fourth-order valence-electron chi connectivity index (χ4n) is 2.91. The van der Waals surface area contributed by atoms with Crippen LogP contribution in [0.5, 0.6) is 5.75 Å². The van der Waals surface area contributed by atoms with Gasteiger partial charge in [0.15, 0.2) is 5.75 Å². The minimum absolute atomic E-state index is 0.282. The lowest BCUT2D eigenvalue weighted by atomic mass is 10.1. The molecule has 108 valence electrons. The van der Waals surface area contributed by atoms with E-state index in [2.05, 4.69) is 22.7 Å². The van der Waals surface area contributed by atoms with Gasteiger partial charge < -0.3 is 14.8 Å². The minimum atomic E-state index is 0.282. The average molecular weight is 288 g/mol. The predicted molar refractivity (Wildman–Crippen MR) is 91.0 cm³/mol. The Kier molecular flexibility index (Phi) is 2.79. The standard InChI is InChI=1S/C19H16N2O/c1-13-7-2-4-9-15(13)20-18-17-11-6-12-21(17)16-10-5-3-8-14(16)19(18)22/h2-12,20,22H,1H3. The summed E-state index contributed by atoms with van der Waals surface area (Å²) in [5.41, 5.74) is 4.82. The van der Waals surface area contributed by atoms with Crippen molar-refractivity contribution in [3.05, 3.63) is 72.4 Å². The Bertz CT molecular complexity index is 985. The van der Waals surface area contributed by atoms with Crippen LogP contribution in [0.15, 0.2) is 66.9 Å². The second kappa shape index (κ2) is 4.81. The lowest BCUT2D eigenvalue weighted by molar-refractivity contribution is 0.484. The number of aromatic nitrogens is 1. The van der Waals surface area contributed by atoms with Gasteiger partial charge in [-0.05, 0) is 42.8 Å². The van der Waals surface area contributed by atoms with E-state index in [0.29, 0.717) is 0 Å². The van der Waals surface area contributed by atoms with Crippen molar-refractivity contribution in [2.75, 3.05) is 5.32 Å². The number of anilines is 2. The van der Waals surface area contributed by atoms with Crippen LogP contribution in [0.1, 0.15) is 5.56 Å². The number of nitrogens with zero attached hydrogens (tertiary/aromatic N) is 1. The molecule has 2 N–H and O–H groups in total. The average Bonchev–Trinajstić information content (AvgIpc) is 3.03. The van der Waals surface area contributed by atoms with Gasteiger partial charge >= 0.3 is 0 Å². The van der Waals surface area contributed by atoms with Crippen molar-refractivity contribution in [2.45, 2.75) is 6.92 Å². The molecule has 0 saturated carbocycles. The van der Waals surface area contributed by atoms with E-state index in [1.807, 2.05) is 60.8 Å². The number of hydrogen-bond acceptors (Lipinski definition) is 2. The predicted octanol–water partition coefficient (Wildman–Crippen LogP) is 4.85. The molecule has 3 heteroatoms. The fourth-order valence-corrected chi connectivity index (χ4v) is 2.91. The number of benzene rings is 2. The number of aromatic hydroxyl groups is 1. The van der Waals surface area contributed by atoms with Crippen LogP contribution in [0.25, 0.3) is 16.4 Å². The van der Waals surface area contributed by atoms with Crippen molar-refractivity contribution in [3.8, 4) is 5.75 Å². The van der Waals surface area contributed by atoms with Crippen molar-refractivity contribution in [2.24, 2.45) is 0 Å². The summed E-state index contributed by atoms with van der Waals surface area (Å²) in [5.74, 6) is 0.282. The molecule has 0 unspecified atom stereocenters. The summed E-state index contributed by atoms with van der Waals surface area (Å²) >= 11 is 0. The number of aryl methyl sites for hydroxylation is 1. The molecule has 0 aliphatic carbocycles. The molecule has 0 fully saturated rings. The molecule has 0 spiro atoms. The van der Waals surface area contributed by atoms with E-state index in [9.17, 15) is 5.11 Å². The molecule has 4 rings (SSSR count). The SMILES string of the molecule is Cc1ccccc1Nc1c(O)c2ccccc2n2cccc12. The fraction of sp³-hybridized carbons (Fsp3) is 0.0526. The smallest absolute Gasteiger partial charge is 0.150 e. The summed E-state index contributed by atoms with van der Waals surface area (Å²) < 4.78 is 2.09. The number of rotatable bonds is 2. The molecular formula is C19H16N2O. The summed E-state index contributed by atoms with van der Waals surface area (Å²) in [6, 6.07) is 19.9. The van der Waals surface area contributed by atoms with Crippen LogP contribution < -0.4 is 5.32 Å². The molecule has 0 aliphatic heterocycles. The third kappa shape index (κ3) is 1.83. The van der Waals surface area contributed by atoms with Crippen LogP contribution in [0.2, 0.25) is 0 Å². The summed E-state index contributed by atoms with van der Waals surface area (Å²) in [6.45, 7) is 2.05. The van der Waals surface area contributed by atoms with E-state index in [4.69, 9.17) is 0 Å². The lowest BCUT2D eigenvalue weighted by Crippen LogP contribution is -1.98. The summed E-state index contributed by atoms with van der Waals surface area (Å²) in [5, 5.41) is 15.0. The van der Waals surface area contributed by atoms with Gasteiger partial charge in [0.1, 0.15) is 5.69 Å². The number of nitrogens with one attached hydrogen (secondary N) is 1. The Hall–Kier alpha value is -2.94. The topological polar surface area (TPSA) is 36.7 Å². The molecule has 2 aromatic heterocycles. The molecule has 2 aromatic carbocycles. The third-order valence-corrected chi connectivity index (χ3v) is 4.07. The van der Waals surface area contributed by atoms with E-state index in [-0.39, 0.29) is 5.75 Å². The summed E-state index contributed by atoms with van der Waals surface area (Å²) in [6.07, 6.45) is 2.01. The highest BCUT2D eigenvalue weighted by atomic mass is 16.3. The van der Waals surface area contributed by atoms with Gasteiger partial charge in [0.2, 0.25) is 0 Å². The largest absolute Gasteiger partial charge is 0.505 e. The second-order valence-electron chi connectivity index (χ2n) is 5.44. The van der Waals surface area contributed by atoms with Gasteiger partial charge in [0.25, 0.3) is 0 Å². The summed E-state index contributed by atoms with van der Waals surface area (Å²) in [4.78, 5) is 0. The highest BCUT2D eigenvalue weighted by Crippen LogP contribution is 2.38. The highest BCUT2D eigenvalue weighted by molar-refractivity contribution is 5.99. The molecule has 0 saturated heterocycles. The number of pyridine rings is 1. The number of para-hydroxylation sites is 2. The van der Waals surface area contributed by atoms with E-state index >= 15 is 0 Å². The Labute approximate surface area is 128 Å². The maximum absolute atomic E-state index is 10.7. The van der Waals surface area contributed by atoms with Crippen molar-refractivity contribution in [1.82, 2.24) is 4.40 Å². The zero-order valence-electron chi connectivity index (χ0n) is 12.2. The molecular weight excluding hydrogens is 272 g/mol. The van der Waals surface area contributed by atoms with Gasteiger partial charge in [-0.25, -0.2) is 0 Å².